The van der Waals surface area contributed by atoms with Gasteiger partial charge in [-0.15, -0.1) is 0 Å². The van der Waals surface area contributed by atoms with E-state index in [-0.39, 0.29) is 0 Å². The second-order valence-electron chi connectivity index (χ2n) is 6.88. The van der Waals surface area contributed by atoms with Gasteiger partial charge in [0.25, 0.3) is 0 Å². The van der Waals surface area contributed by atoms with Gasteiger partial charge in [-0.1, -0.05) is 57.6 Å². The van der Waals surface area contributed by atoms with E-state index < -0.39 is 0 Å². The monoisotopic (exact) mass is 263 g/mol. The van der Waals surface area contributed by atoms with E-state index in [4.69, 9.17) is 0 Å². The predicted molar refractivity (Wildman–Crippen MR) is 84.3 cm³/mol. The minimum absolute atomic E-state index is 0.881. The van der Waals surface area contributed by atoms with Crippen LogP contribution in [0.2, 0.25) is 0 Å². The summed E-state index contributed by atoms with van der Waals surface area (Å²) in [5.41, 5.74) is 1.75. The molecule has 2 aliphatic carbocycles. The van der Waals surface area contributed by atoms with Crippen molar-refractivity contribution in [2.45, 2.75) is 71.6 Å². The number of likely N-dealkylation sites (N-methyl/N-ethyl adjacent to an activating group) is 1. The molecule has 2 aliphatic rings. The molecule has 0 bridgehead atoms. The van der Waals surface area contributed by atoms with E-state index in [1.807, 2.05) is 0 Å². The van der Waals surface area contributed by atoms with Gasteiger partial charge in [-0.05, 0) is 50.0 Å². The summed E-state index contributed by atoms with van der Waals surface area (Å²) in [6, 6.07) is 0. The van der Waals surface area contributed by atoms with Crippen molar-refractivity contribution in [1.82, 2.24) is 5.32 Å². The average molecular weight is 263 g/mol. The number of rotatable bonds is 5. The van der Waals surface area contributed by atoms with Crippen molar-refractivity contribution >= 4 is 0 Å². The van der Waals surface area contributed by atoms with E-state index in [2.05, 4.69) is 25.2 Å². The van der Waals surface area contributed by atoms with Crippen LogP contribution < -0.4 is 5.32 Å². The first-order chi connectivity index (χ1) is 9.29. The molecule has 0 spiro atoms. The Labute approximate surface area is 120 Å². The molecule has 1 heteroatoms. The molecule has 2 fully saturated rings. The minimum atomic E-state index is 0.881. The topological polar surface area (TPSA) is 12.0 Å². The number of hydrogen-bond acceptors (Lipinski definition) is 1. The van der Waals surface area contributed by atoms with Crippen molar-refractivity contribution in [3.8, 4) is 0 Å². The van der Waals surface area contributed by atoms with Crippen LogP contribution in [0.15, 0.2) is 11.6 Å². The molecule has 0 atom stereocenters. The predicted octanol–water partition coefficient (Wildman–Crippen LogP) is 4.93. The van der Waals surface area contributed by atoms with Crippen molar-refractivity contribution in [1.29, 1.82) is 0 Å². The maximum atomic E-state index is 3.58. The fourth-order valence-corrected chi connectivity index (χ4v) is 3.84. The molecule has 0 aromatic carbocycles. The first kappa shape index (κ1) is 15.1. The van der Waals surface area contributed by atoms with Crippen LogP contribution in [0.4, 0.5) is 0 Å². The van der Waals surface area contributed by atoms with Crippen LogP contribution in [0, 0.1) is 17.8 Å². The zero-order valence-corrected chi connectivity index (χ0v) is 13.1. The summed E-state index contributed by atoms with van der Waals surface area (Å²) in [5.74, 6) is 2.75. The van der Waals surface area contributed by atoms with Crippen LogP contribution in [0.25, 0.3) is 0 Å². The van der Waals surface area contributed by atoms with Gasteiger partial charge in [0.05, 0.1) is 0 Å². The Morgan fingerprint density at radius 2 is 1.68 bits per heavy atom. The van der Waals surface area contributed by atoms with Crippen molar-refractivity contribution in [3.63, 3.8) is 0 Å². The molecule has 0 aliphatic heterocycles. The summed E-state index contributed by atoms with van der Waals surface area (Å²) < 4.78 is 0. The molecule has 0 amide bonds. The van der Waals surface area contributed by atoms with E-state index in [0.717, 1.165) is 30.8 Å². The second kappa shape index (κ2) is 8.09. The molecule has 0 radical (unpaired) electrons. The van der Waals surface area contributed by atoms with E-state index in [0.29, 0.717) is 0 Å². The summed E-state index contributed by atoms with van der Waals surface area (Å²) in [5, 5.41) is 3.58. The molecule has 0 unspecified atom stereocenters. The van der Waals surface area contributed by atoms with Crippen LogP contribution >= 0.6 is 0 Å². The first-order valence-electron chi connectivity index (χ1n) is 8.71. The van der Waals surface area contributed by atoms with E-state index in [1.54, 1.807) is 5.57 Å². The lowest BCUT2D eigenvalue weighted by Crippen LogP contribution is -2.23. The third-order valence-electron chi connectivity index (χ3n) is 5.22. The van der Waals surface area contributed by atoms with Gasteiger partial charge in [0.15, 0.2) is 0 Å². The fraction of sp³-hybridized carbons (Fsp3) is 0.889. The zero-order valence-electron chi connectivity index (χ0n) is 13.1. The normalized spacial score (nSPS) is 30.5. The van der Waals surface area contributed by atoms with Crippen molar-refractivity contribution < 1.29 is 0 Å². The quantitative estimate of drug-likeness (QED) is 0.694. The van der Waals surface area contributed by atoms with Crippen LogP contribution in [-0.2, 0) is 0 Å². The van der Waals surface area contributed by atoms with Gasteiger partial charge >= 0.3 is 0 Å². The molecule has 110 valence electrons. The summed E-state index contributed by atoms with van der Waals surface area (Å²) in [6.45, 7) is 6.89. The highest BCUT2D eigenvalue weighted by molar-refractivity contribution is 5.12. The van der Waals surface area contributed by atoms with Crippen LogP contribution in [0.5, 0.6) is 0 Å². The Morgan fingerprint density at radius 1 is 1.00 bits per heavy atom. The van der Waals surface area contributed by atoms with Gasteiger partial charge in [0.1, 0.15) is 0 Å². The zero-order chi connectivity index (χ0) is 13.5. The third-order valence-corrected chi connectivity index (χ3v) is 5.22. The Bertz CT molecular complexity index is 267. The van der Waals surface area contributed by atoms with Crippen LogP contribution in [0.1, 0.15) is 71.6 Å². The maximum absolute atomic E-state index is 3.58. The fourth-order valence-electron chi connectivity index (χ4n) is 3.84. The Hall–Kier alpha value is -0.300. The highest BCUT2D eigenvalue weighted by Gasteiger charge is 2.21. The molecule has 2 rings (SSSR count). The van der Waals surface area contributed by atoms with E-state index in [9.17, 15) is 0 Å². The number of allylic oxidation sites excluding steroid dienone is 1. The van der Waals surface area contributed by atoms with E-state index >= 15 is 0 Å². The van der Waals surface area contributed by atoms with Gasteiger partial charge in [-0.25, -0.2) is 0 Å². The summed E-state index contributed by atoms with van der Waals surface area (Å²) in [7, 11) is 0. The molecular weight excluding hydrogens is 230 g/mol. The largest absolute Gasteiger partial charge is 0.313 e. The van der Waals surface area contributed by atoms with Gasteiger partial charge in [0, 0.05) is 6.54 Å². The second-order valence-corrected chi connectivity index (χ2v) is 6.88. The molecule has 19 heavy (non-hydrogen) atoms. The molecule has 0 saturated heterocycles. The molecule has 0 aromatic rings. The van der Waals surface area contributed by atoms with E-state index in [1.165, 1.54) is 57.8 Å². The molecule has 0 heterocycles. The maximum Gasteiger partial charge on any atom is 0.0167 e. The average Bonchev–Trinajstić information content (AvgIpc) is 2.46. The molecule has 1 N–H and O–H groups in total. The third kappa shape index (κ3) is 4.95. The van der Waals surface area contributed by atoms with Gasteiger partial charge < -0.3 is 5.32 Å². The van der Waals surface area contributed by atoms with Crippen molar-refractivity contribution in [3.05, 3.63) is 11.6 Å². The van der Waals surface area contributed by atoms with Gasteiger partial charge in [0.2, 0.25) is 0 Å². The summed E-state index contributed by atoms with van der Waals surface area (Å²) in [6.07, 6.45) is 15.7. The Balaban J connectivity index is 1.94. The standard InChI is InChI=1S/C18H33N/c1-3-19-14-18(17-7-5-4-6-8-17)13-16-11-9-15(2)10-12-16/h13,15-17,19H,3-12,14H2,1-2H3. The highest BCUT2D eigenvalue weighted by Crippen LogP contribution is 2.34. The molecule has 1 nitrogen and oxygen atoms in total. The lowest BCUT2D eigenvalue weighted by Gasteiger charge is -2.29. The molecular formula is C18H33N. The summed E-state index contributed by atoms with van der Waals surface area (Å²) in [4.78, 5) is 0. The van der Waals surface area contributed by atoms with Gasteiger partial charge in [-0.2, -0.15) is 0 Å². The smallest absolute Gasteiger partial charge is 0.0167 e. The number of hydrogen-bond donors (Lipinski definition) is 1. The number of nitrogens with one attached hydrogen (secondary N) is 1. The lowest BCUT2D eigenvalue weighted by atomic mass is 9.78. The summed E-state index contributed by atoms with van der Waals surface area (Å²) >= 11 is 0. The van der Waals surface area contributed by atoms with Crippen LogP contribution in [0.3, 0.4) is 0 Å². The highest BCUT2D eigenvalue weighted by atomic mass is 14.8. The Morgan fingerprint density at radius 3 is 2.32 bits per heavy atom. The van der Waals surface area contributed by atoms with Crippen molar-refractivity contribution in [2.24, 2.45) is 17.8 Å². The minimum Gasteiger partial charge on any atom is -0.313 e. The Kier molecular flexibility index (Phi) is 6.43. The SMILES string of the molecule is CCNCC(=CC1CCC(C)CC1)C1CCCCC1. The van der Waals surface area contributed by atoms with Crippen molar-refractivity contribution in [2.75, 3.05) is 13.1 Å². The first-order valence-corrected chi connectivity index (χ1v) is 8.71. The molecule has 2 saturated carbocycles. The molecule has 0 aromatic heterocycles. The van der Waals surface area contributed by atoms with Gasteiger partial charge in [-0.3, -0.25) is 0 Å². The van der Waals surface area contributed by atoms with Crippen LogP contribution in [-0.4, -0.2) is 13.1 Å². The lowest BCUT2D eigenvalue weighted by molar-refractivity contribution is 0.325.